The van der Waals surface area contributed by atoms with E-state index in [0.717, 1.165) is 0 Å². The summed E-state index contributed by atoms with van der Waals surface area (Å²) in [6.45, 7) is 5.19. The number of hydrogen-bond donors (Lipinski definition) is 2. The first-order valence-corrected chi connectivity index (χ1v) is 7.71. The summed E-state index contributed by atoms with van der Waals surface area (Å²) in [4.78, 5) is 0. The lowest BCUT2D eigenvalue weighted by Crippen LogP contribution is -2.64. The van der Waals surface area contributed by atoms with Crippen LogP contribution in [0.2, 0.25) is 0 Å². The van der Waals surface area contributed by atoms with Gasteiger partial charge in [0.15, 0.2) is 0 Å². The summed E-state index contributed by atoms with van der Waals surface area (Å²) >= 11 is 0. The summed E-state index contributed by atoms with van der Waals surface area (Å²) in [5.74, 6) is -19.3. The quantitative estimate of drug-likeness (QED) is 0.373. The molecule has 24 heavy (non-hydrogen) atoms. The van der Waals surface area contributed by atoms with E-state index in [-0.39, 0.29) is 6.42 Å². The van der Waals surface area contributed by atoms with Gasteiger partial charge in [-0.2, -0.15) is 43.5 Å². The standard InChI is InChI=1S/C8H10F8O3S.C3H7N/c1-2-3-4-5(9,10)6(11,12)7(13,14)8(15,16)20(17,18)19;1-2-3-4/h2-4H2,1H3,(H,17,18,19);2H,1,3-4H2. The van der Waals surface area contributed by atoms with Crippen molar-refractivity contribution in [2.45, 2.75) is 49.2 Å². The predicted molar refractivity (Wildman–Crippen MR) is 70.1 cm³/mol. The molecule has 0 amide bonds. The molecule has 0 aromatic rings. The monoisotopic (exact) mass is 395 g/mol. The summed E-state index contributed by atoms with van der Waals surface area (Å²) in [6, 6.07) is 0. The van der Waals surface area contributed by atoms with Crippen LogP contribution < -0.4 is 5.73 Å². The number of hydrogen-bond acceptors (Lipinski definition) is 3. The Labute approximate surface area is 133 Å². The molecule has 0 aromatic heterocycles. The van der Waals surface area contributed by atoms with E-state index in [1.165, 1.54) is 6.92 Å². The fraction of sp³-hybridized carbons (Fsp3) is 0.818. The Balaban J connectivity index is 0. The van der Waals surface area contributed by atoms with Crippen LogP contribution in [-0.2, 0) is 10.1 Å². The highest BCUT2D eigenvalue weighted by Gasteiger charge is 2.83. The lowest BCUT2D eigenvalue weighted by Gasteiger charge is -2.35. The highest BCUT2D eigenvalue weighted by Crippen LogP contribution is 2.55. The van der Waals surface area contributed by atoms with Crippen molar-refractivity contribution in [2.75, 3.05) is 6.54 Å². The van der Waals surface area contributed by atoms with Crippen LogP contribution in [0.1, 0.15) is 26.2 Å². The molecule has 146 valence electrons. The van der Waals surface area contributed by atoms with Crippen molar-refractivity contribution < 1.29 is 48.1 Å². The Morgan fingerprint density at radius 3 is 1.67 bits per heavy atom. The maximum absolute atomic E-state index is 13.0. The molecule has 3 N–H and O–H groups in total. The average Bonchev–Trinajstić information content (AvgIpc) is 2.43. The fourth-order valence-electron chi connectivity index (χ4n) is 1.13. The number of halogens is 8. The van der Waals surface area contributed by atoms with Crippen LogP contribution in [0.5, 0.6) is 0 Å². The predicted octanol–water partition coefficient (Wildman–Crippen LogP) is 3.69. The molecule has 0 aliphatic heterocycles. The van der Waals surface area contributed by atoms with Gasteiger partial charge in [-0.05, 0) is 6.42 Å². The van der Waals surface area contributed by atoms with Crippen LogP contribution in [-0.4, -0.2) is 42.5 Å². The van der Waals surface area contributed by atoms with Gasteiger partial charge < -0.3 is 5.73 Å². The molecule has 0 saturated carbocycles. The molecule has 0 heterocycles. The van der Waals surface area contributed by atoms with E-state index in [4.69, 9.17) is 10.3 Å². The van der Waals surface area contributed by atoms with Gasteiger partial charge in [0.05, 0.1) is 0 Å². The van der Waals surface area contributed by atoms with Gasteiger partial charge in [-0.3, -0.25) is 4.55 Å². The highest BCUT2D eigenvalue weighted by atomic mass is 32.2. The highest BCUT2D eigenvalue weighted by molar-refractivity contribution is 7.87. The van der Waals surface area contributed by atoms with Gasteiger partial charge in [0.1, 0.15) is 0 Å². The Morgan fingerprint density at radius 2 is 1.42 bits per heavy atom. The van der Waals surface area contributed by atoms with Crippen molar-refractivity contribution >= 4 is 10.1 Å². The molecule has 0 unspecified atom stereocenters. The second kappa shape index (κ2) is 8.43. The van der Waals surface area contributed by atoms with Crippen LogP contribution >= 0.6 is 0 Å². The van der Waals surface area contributed by atoms with Crippen LogP contribution in [0.15, 0.2) is 12.7 Å². The van der Waals surface area contributed by atoms with Gasteiger partial charge >= 0.3 is 33.1 Å². The molecule has 0 aliphatic rings. The largest absolute Gasteiger partial charge is 0.438 e. The molecule has 0 radical (unpaired) electrons. The molecular formula is C11H17F8NO3S. The number of unbranched alkanes of at least 4 members (excludes halogenated alkanes) is 1. The van der Waals surface area contributed by atoms with Gasteiger partial charge in [0, 0.05) is 13.0 Å². The number of rotatable bonds is 8. The van der Waals surface area contributed by atoms with Crippen LogP contribution in [0.3, 0.4) is 0 Å². The second-order valence-corrected chi connectivity index (χ2v) is 5.94. The van der Waals surface area contributed by atoms with E-state index < -0.39 is 46.0 Å². The summed E-state index contributed by atoms with van der Waals surface area (Å²) in [5.41, 5.74) is 4.91. The van der Waals surface area contributed by atoms with Crippen molar-refractivity contribution in [3.05, 3.63) is 12.7 Å². The summed E-state index contributed by atoms with van der Waals surface area (Å²) in [5, 5.41) is -6.76. The molecule has 0 aromatic carbocycles. The molecule has 0 bridgehead atoms. The lowest BCUT2D eigenvalue weighted by atomic mass is 9.99. The normalized spacial score (nSPS) is 14.0. The maximum Gasteiger partial charge on any atom is 0.438 e. The summed E-state index contributed by atoms with van der Waals surface area (Å²) in [6.07, 6.45) is -1.00. The molecule has 0 rings (SSSR count). The van der Waals surface area contributed by atoms with Gasteiger partial charge in [-0.1, -0.05) is 19.4 Å². The van der Waals surface area contributed by atoms with Crippen molar-refractivity contribution in [1.29, 1.82) is 0 Å². The zero-order chi connectivity index (χ0) is 20.0. The molecule has 0 saturated heterocycles. The third-order valence-corrected chi connectivity index (χ3v) is 3.46. The lowest BCUT2D eigenvalue weighted by molar-refractivity contribution is -0.349. The first kappa shape index (κ1) is 25.3. The van der Waals surface area contributed by atoms with E-state index in [0.29, 0.717) is 6.54 Å². The van der Waals surface area contributed by atoms with E-state index in [1.54, 1.807) is 6.08 Å². The zero-order valence-electron chi connectivity index (χ0n) is 12.4. The third-order valence-electron chi connectivity index (χ3n) is 2.55. The van der Waals surface area contributed by atoms with Crippen molar-refractivity contribution in [3.8, 4) is 0 Å². The van der Waals surface area contributed by atoms with Crippen molar-refractivity contribution in [1.82, 2.24) is 0 Å². The minimum absolute atomic E-state index is 0.119. The minimum atomic E-state index is -7.02. The molecular weight excluding hydrogens is 378 g/mol. The Kier molecular flexibility index (Phi) is 8.88. The van der Waals surface area contributed by atoms with Gasteiger partial charge in [-0.25, -0.2) is 0 Å². The SMILES string of the molecule is C=CCN.CCCCC(F)(F)C(F)(F)C(F)(F)C(F)(F)S(=O)(=O)O. The maximum atomic E-state index is 13.0. The molecule has 0 aliphatic carbocycles. The van der Waals surface area contributed by atoms with Crippen LogP contribution in [0.4, 0.5) is 35.1 Å². The average molecular weight is 395 g/mol. The van der Waals surface area contributed by atoms with Crippen molar-refractivity contribution in [2.24, 2.45) is 5.73 Å². The summed E-state index contributed by atoms with van der Waals surface area (Å²) in [7, 11) is -7.02. The van der Waals surface area contributed by atoms with Gasteiger partial charge in [-0.15, -0.1) is 6.58 Å². The first-order valence-electron chi connectivity index (χ1n) is 6.27. The molecule has 13 heteroatoms. The minimum Gasteiger partial charge on any atom is -0.327 e. The van der Waals surface area contributed by atoms with E-state index in [2.05, 4.69) is 6.58 Å². The van der Waals surface area contributed by atoms with E-state index in [9.17, 15) is 43.5 Å². The smallest absolute Gasteiger partial charge is 0.327 e. The van der Waals surface area contributed by atoms with Crippen LogP contribution in [0, 0.1) is 0 Å². The number of nitrogens with two attached hydrogens (primary N) is 1. The van der Waals surface area contributed by atoms with E-state index >= 15 is 0 Å². The third kappa shape index (κ3) is 5.02. The van der Waals surface area contributed by atoms with Crippen molar-refractivity contribution in [3.63, 3.8) is 0 Å². The van der Waals surface area contributed by atoms with Crippen LogP contribution in [0.25, 0.3) is 0 Å². The summed E-state index contributed by atoms with van der Waals surface area (Å²) < 4.78 is 131. The van der Waals surface area contributed by atoms with Gasteiger partial charge in [0.2, 0.25) is 0 Å². The Hall–Kier alpha value is -0.950. The first-order chi connectivity index (χ1) is 10.5. The molecule has 0 fully saturated rings. The number of alkyl halides is 8. The molecule has 4 nitrogen and oxygen atoms in total. The molecule has 0 spiro atoms. The Bertz CT molecular complexity index is 507. The van der Waals surface area contributed by atoms with Gasteiger partial charge in [0.25, 0.3) is 0 Å². The fourth-order valence-corrected chi connectivity index (χ4v) is 1.58. The Morgan fingerprint density at radius 1 is 1.04 bits per heavy atom. The second-order valence-electron chi connectivity index (χ2n) is 4.47. The zero-order valence-corrected chi connectivity index (χ0v) is 13.2. The molecule has 0 atom stereocenters. The van der Waals surface area contributed by atoms with E-state index in [1.807, 2.05) is 0 Å². The topological polar surface area (TPSA) is 80.4 Å².